The number of rotatable bonds is 3. The molecule has 0 saturated carbocycles. The van der Waals surface area contributed by atoms with Crippen LogP contribution in [0.1, 0.15) is 24.6 Å². The van der Waals surface area contributed by atoms with E-state index in [1.165, 1.54) is 10.6 Å². The topological polar surface area (TPSA) is 105 Å². The second-order valence-electron chi connectivity index (χ2n) is 5.46. The molecular formula is C13H14N6O2S2. The summed E-state index contributed by atoms with van der Waals surface area (Å²) in [6, 6.07) is 5.07. The Balaban J connectivity index is 1.69. The van der Waals surface area contributed by atoms with E-state index in [1.807, 2.05) is 0 Å². The number of fused-ring (bicyclic) bond motifs is 1. The van der Waals surface area contributed by atoms with E-state index in [9.17, 15) is 8.42 Å². The van der Waals surface area contributed by atoms with Gasteiger partial charge in [-0.3, -0.25) is 5.10 Å². The molecule has 3 aromatic rings. The van der Waals surface area contributed by atoms with Crippen LogP contribution >= 0.6 is 11.7 Å². The molecule has 0 aliphatic carbocycles. The van der Waals surface area contributed by atoms with Gasteiger partial charge in [0.05, 0.1) is 11.7 Å². The van der Waals surface area contributed by atoms with E-state index in [-0.39, 0.29) is 10.8 Å². The first-order chi connectivity index (χ1) is 11.2. The van der Waals surface area contributed by atoms with E-state index in [4.69, 9.17) is 0 Å². The number of aromatic nitrogens is 5. The second kappa shape index (κ2) is 5.62. The number of benzene rings is 1. The first-order valence-corrected chi connectivity index (χ1v) is 9.40. The molecule has 10 heteroatoms. The van der Waals surface area contributed by atoms with Crippen molar-refractivity contribution in [3.63, 3.8) is 0 Å². The third-order valence-electron chi connectivity index (χ3n) is 4.07. The van der Waals surface area contributed by atoms with Gasteiger partial charge in [0.2, 0.25) is 10.0 Å². The highest BCUT2D eigenvalue weighted by atomic mass is 32.2. The minimum absolute atomic E-state index is 0.0359. The van der Waals surface area contributed by atoms with Crippen LogP contribution in [0.5, 0.6) is 0 Å². The zero-order valence-electron chi connectivity index (χ0n) is 12.1. The van der Waals surface area contributed by atoms with Crippen molar-refractivity contribution in [1.82, 2.24) is 28.2 Å². The monoisotopic (exact) mass is 350 g/mol. The molecule has 1 saturated heterocycles. The van der Waals surface area contributed by atoms with Crippen LogP contribution in [0.4, 0.5) is 0 Å². The Bertz CT molecular complexity index is 921. The minimum Gasteiger partial charge on any atom is -0.263 e. The first-order valence-electron chi connectivity index (χ1n) is 7.23. The van der Waals surface area contributed by atoms with E-state index in [2.05, 4.69) is 23.9 Å². The van der Waals surface area contributed by atoms with Crippen LogP contribution in [0.25, 0.3) is 11.0 Å². The first kappa shape index (κ1) is 14.7. The Kier molecular flexibility index (Phi) is 3.58. The van der Waals surface area contributed by atoms with E-state index < -0.39 is 10.0 Å². The molecule has 0 radical (unpaired) electrons. The molecule has 1 fully saturated rings. The maximum Gasteiger partial charge on any atom is 0.245 e. The van der Waals surface area contributed by atoms with Crippen LogP contribution < -0.4 is 0 Å². The second-order valence-corrected chi connectivity index (χ2v) is 7.90. The van der Waals surface area contributed by atoms with Gasteiger partial charge in [-0.15, -0.1) is 0 Å². The van der Waals surface area contributed by atoms with Gasteiger partial charge in [-0.25, -0.2) is 13.4 Å². The highest BCUT2D eigenvalue weighted by Gasteiger charge is 2.33. The quantitative estimate of drug-likeness (QED) is 0.765. The molecule has 0 amide bonds. The Morgan fingerprint density at radius 1 is 1.30 bits per heavy atom. The number of nitrogens with one attached hydrogen (secondary N) is 1. The SMILES string of the molecule is O=S(=O)(c1cccc2nsnc12)N1CCCC(c2ncn[nH]2)C1. The Morgan fingerprint density at radius 3 is 3.04 bits per heavy atom. The smallest absolute Gasteiger partial charge is 0.245 e. The van der Waals surface area contributed by atoms with Crippen LogP contribution in [-0.2, 0) is 10.0 Å². The van der Waals surface area contributed by atoms with E-state index in [0.29, 0.717) is 24.1 Å². The number of piperidine rings is 1. The Labute approximate surface area is 136 Å². The fourth-order valence-corrected chi connectivity index (χ4v) is 5.20. The third-order valence-corrected chi connectivity index (χ3v) is 6.51. The van der Waals surface area contributed by atoms with Crippen molar-refractivity contribution in [2.24, 2.45) is 0 Å². The largest absolute Gasteiger partial charge is 0.263 e. The summed E-state index contributed by atoms with van der Waals surface area (Å²) in [6.45, 7) is 0.895. The Hall–Kier alpha value is -1.91. The number of nitrogens with zero attached hydrogens (tertiary/aromatic N) is 5. The fraction of sp³-hybridized carbons (Fsp3) is 0.385. The van der Waals surface area contributed by atoms with Crippen LogP contribution in [0.15, 0.2) is 29.4 Å². The molecule has 0 spiro atoms. The van der Waals surface area contributed by atoms with Crippen LogP contribution in [0.2, 0.25) is 0 Å². The van der Waals surface area contributed by atoms with E-state index in [0.717, 1.165) is 30.4 Å². The molecule has 120 valence electrons. The maximum absolute atomic E-state index is 13.0. The highest BCUT2D eigenvalue weighted by molar-refractivity contribution is 7.89. The van der Waals surface area contributed by atoms with Crippen molar-refractivity contribution in [2.75, 3.05) is 13.1 Å². The van der Waals surface area contributed by atoms with Gasteiger partial charge < -0.3 is 0 Å². The highest BCUT2D eigenvalue weighted by Crippen LogP contribution is 2.30. The van der Waals surface area contributed by atoms with Crippen molar-refractivity contribution in [3.8, 4) is 0 Å². The van der Waals surface area contributed by atoms with Crippen LogP contribution in [0, 0.1) is 0 Å². The molecule has 23 heavy (non-hydrogen) atoms. The molecule has 1 aromatic carbocycles. The zero-order valence-corrected chi connectivity index (χ0v) is 13.7. The summed E-state index contributed by atoms with van der Waals surface area (Å²) in [7, 11) is -3.61. The average Bonchev–Trinajstić information content (AvgIpc) is 3.26. The van der Waals surface area contributed by atoms with Crippen molar-refractivity contribution >= 4 is 32.8 Å². The van der Waals surface area contributed by atoms with E-state index >= 15 is 0 Å². The lowest BCUT2D eigenvalue weighted by atomic mass is 9.99. The van der Waals surface area contributed by atoms with Gasteiger partial charge in [-0.05, 0) is 25.0 Å². The molecule has 1 N–H and O–H groups in total. The summed E-state index contributed by atoms with van der Waals surface area (Å²) in [6.07, 6.45) is 3.13. The van der Waals surface area contributed by atoms with Crippen LogP contribution in [0.3, 0.4) is 0 Å². The van der Waals surface area contributed by atoms with Crippen molar-refractivity contribution in [1.29, 1.82) is 0 Å². The summed E-state index contributed by atoms with van der Waals surface area (Å²) in [5.74, 6) is 0.771. The Morgan fingerprint density at radius 2 is 2.22 bits per heavy atom. The van der Waals surface area contributed by atoms with Crippen molar-refractivity contribution in [3.05, 3.63) is 30.4 Å². The van der Waals surface area contributed by atoms with Gasteiger partial charge >= 0.3 is 0 Å². The molecule has 4 rings (SSSR count). The lowest BCUT2D eigenvalue weighted by Crippen LogP contribution is -2.39. The predicted molar refractivity (Wildman–Crippen MR) is 84.5 cm³/mol. The van der Waals surface area contributed by atoms with Crippen LogP contribution in [-0.4, -0.2) is 49.7 Å². The van der Waals surface area contributed by atoms with Crippen molar-refractivity contribution in [2.45, 2.75) is 23.7 Å². The molecular weight excluding hydrogens is 336 g/mol. The van der Waals surface area contributed by atoms with Gasteiger partial charge in [-0.2, -0.15) is 18.2 Å². The van der Waals surface area contributed by atoms with Gasteiger partial charge in [0.15, 0.2) is 0 Å². The predicted octanol–water partition coefficient (Wildman–Crippen LogP) is 1.38. The molecule has 1 aliphatic heterocycles. The standard InChI is InChI=1S/C13H14N6O2S2/c20-23(21,11-5-1-4-10-12(11)18-22-17-10)19-6-2-3-9(7-19)13-14-8-15-16-13/h1,4-5,8-9H,2-3,6-7H2,(H,14,15,16). The lowest BCUT2D eigenvalue weighted by Gasteiger charge is -2.30. The molecule has 1 atom stereocenters. The molecule has 3 heterocycles. The number of H-pyrrole nitrogens is 1. The average molecular weight is 350 g/mol. The number of hydrogen-bond donors (Lipinski definition) is 1. The van der Waals surface area contributed by atoms with E-state index in [1.54, 1.807) is 18.2 Å². The lowest BCUT2D eigenvalue weighted by molar-refractivity contribution is 0.309. The molecule has 2 aromatic heterocycles. The molecule has 0 bridgehead atoms. The molecule has 1 aliphatic rings. The van der Waals surface area contributed by atoms with Gasteiger partial charge in [0, 0.05) is 19.0 Å². The van der Waals surface area contributed by atoms with Gasteiger partial charge in [0.1, 0.15) is 28.1 Å². The molecule has 1 unspecified atom stereocenters. The number of sulfonamides is 1. The summed E-state index contributed by atoms with van der Waals surface area (Å²) in [5.41, 5.74) is 1.05. The minimum atomic E-state index is -3.61. The van der Waals surface area contributed by atoms with Gasteiger partial charge in [-0.1, -0.05) is 6.07 Å². The fourth-order valence-electron chi connectivity index (χ4n) is 2.92. The number of aromatic amines is 1. The number of hydrogen-bond acceptors (Lipinski definition) is 7. The summed E-state index contributed by atoms with van der Waals surface area (Å²) in [4.78, 5) is 4.39. The summed E-state index contributed by atoms with van der Waals surface area (Å²) < 4.78 is 35.8. The summed E-state index contributed by atoms with van der Waals surface area (Å²) in [5, 5.41) is 6.70. The van der Waals surface area contributed by atoms with Gasteiger partial charge in [0.25, 0.3) is 0 Å². The summed E-state index contributed by atoms with van der Waals surface area (Å²) >= 11 is 1.02. The zero-order chi connectivity index (χ0) is 15.9. The van der Waals surface area contributed by atoms with Crippen molar-refractivity contribution < 1.29 is 8.42 Å². The maximum atomic E-state index is 13.0. The third kappa shape index (κ3) is 2.52. The normalized spacial score (nSPS) is 20.1. The molecule has 8 nitrogen and oxygen atoms in total.